The maximum absolute atomic E-state index is 10.5. The SMILES string of the molecule is CC(OCC(C)(C)C)C(O)/C=C/[C@@H]1[C@@H](C/C=C\CCCC(=O)O)[C@@H](O)C[C@H]1O. The van der Waals surface area contributed by atoms with Crippen LogP contribution in [0, 0.1) is 17.3 Å². The van der Waals surface area contributed by atoms with Crippen LogP contribution in [0.15, 0.2) is 24.3 Å². The van der Waals surface area contributed by atoms with E-state index in [0.717, 1.165) is 0 Å². The van der Waals surface area contributed by atoms with Crippen LogP contribution in [-0.2, 0) is 9.53 Å². The van der Waals surface area contributed by atoms with E-state index in [-0.39, 0.29) is 29.8 Å². The van der Waals surface area contributed by atoms with E-state index in [4.69, 9.17) is 9.84 Å². The monoisotopic (exact) mass is 398 g/mol. The van der Waals surface area contributed by atoms with Gasteiger partial charge in [-0.2, -0.15) is 0 Å². The molecule has 6 heteroatoms. The summed E-state index contributed by atoms with van der Waals surface area (Å²) in [6.07, 6.45) is 7.29. The smallest absolute Gasteiger partial charge is 0.303 e. The van der Waals surface area contributed by atoms with Crippen molar-refractivity contribution in [2.45, 2.75) is 84.2 Å². The van der Waals surface area contributed by atoms with Crippen molar-refractivity contribution < 1.29 is 30.0 Å². The molecule has 0 aromatic heterocycles. The van der Waals surface area contributed by atoms with Crippen LogP contribution in [0.3, 0.4) is 0 Å². The fourth-order valence-corrected chi connectivity index (χ4v) is 3.33. The first kappa shape index (κ1) is 24.8. The summed E-state index contributed by atoms with van der Waals surface area (Å²) >= 11 is 0. The van der Waals surface area contributed by atoms with Gasteiger partial charge in [0.1, 0.15) is 0 Å². The Morgan fingerprint density at radius 1 is 1.21 bits per heavy atom. The fourth-order valence-electron chi connectivity index (χ4n) is 3.33. The molecule has 0 heterocycles. The lowest BCUT2D eigenvalue weighted by Crippen LogP contribution is -2.29. The van der Waals surface area contributed by atoms with E-state index in [1.54, 1.807) is 12.2 Å². The minimum Gasteiger partial charge on any atom is -0.481 e. The topological polar surface area (TPSA) is 107 Å². The summed E-state index contributed by atoms with van der Waals surface area (Å²) in [5.74, 6) is -1.16. The first-order chi connectivity index (χ1) is 13.0. The van der Waals surface area contributed by atoms with Crippen molar-refractivity contribution in [2.75, 3.05) is 6.61 Å². The van der Waals surface area contributed by atoms with Crippen molar-refractivity contribution in [3.05, 3.63) is 24.3 Å². The van der Waals surface area contributed by atoms with Crippen molar-refractivity contribution >= 4 is 5.97 Å². The quantitative estimate of drug-likeness (QED) is 0.315. The number of aliphatic hydroxyl groups is 3. The van der Waals surface area contributed by atoms with Crippen LogP contribution >= 0.6 is 0 Å². The number of aliphatic carboxylic acids is 1. The van der Waals surface area contributed by atoms with Gasteiger partial charge in [-0.3, -0.25) is 4.79 Å². The van der Waals surface area contributed by atoms with Gasteiger partial charge in [-0.25, -0.2) is 0 Å². The number of hydrogen-bond acceptors (Lipinski definition) is 5. The van der Waals surface area contributed by atoms with Gasteiger partial charge in [0.25, 0.3) is 0 Å². The van der Waals surface area contributed by atoms with Gasteiger partial charge < -0.3 is 25.2 Å². The Morgan fingerprint density at radius 3 is 2.50 bits per heavy atom. The zero-order valence-corrected chi connectivity index (χ0v) is 17.6. The summed E-state index contributed by atoms with van der Waals surface area (Å²) < 4.78 is 5.71. The molecular weight excluding hydrogens is 360 g/mol. The highest BCUT2D eigenvalue weighted by atomic mass is 16.5. The van der Waals surface area contributed by atoms with Gasteiger partial charge in [0.05, 0.1) is 31.0 Å². The van der Waals surface area contributed by atoms with Crippen LogP contribution in [-0.4, -0.2) is 57.4 Å². The molecule has 1 aliphatic carbocycles. The predicted octanol–water partition coefficient (Wildman–Crippen LogP) is 2.91. The molecule has 1 fully saturated rings. The number of carbonyl (C=O) groups is 1. The summed E-state index contributed by atoms with van der Waals surface area (Å²) in [6, 6.07) is 0. The zero-order chi connectivity index (χ0) is 21.3. The third-order valence-corrected chi connectivity index (χ3v) is 5.04. The standard InChI is InChI=1S/C22H38O6/c1-15(28-14-22(2,3)4)18(23)12-11-17-16(19(24)13-20(17)25)9-7-5-6-8-10-21(26)27/h5,7,11-12,15-20,23-25H,6,8-10,13-14H2,1-4H3,(H,26,27)/b7-5-,12-11+/t15?,16-,17-,18?,19+,20-/m1/s1. The van der Waals surface area contributed by atoms with Crippen LogP contribution in [0.4, 0.5) is 0 Å². The minimum atomic E-state index is -0.799. The summed E-state index contributed by atoms with van der Waals surface area (Å²) in [5, 5.41) is 39.5. The lowest BCUT2D eigenvalue weighted by Gasteiger charge is -2.24. The summed E-state index contributed by atoms with van der Waals surface area (Å²) in [5.41, 5.74) is 0.0192. The minimum absolute atomic E-state index is 0.0192. The Balaban J connectivity index is 2.56. The molecule has 0 aliphatic heterocycles. The first-order valence-corrected chi connectivity index (χ1v) is 10.2. The molecule has 0 bridgehead atoms. The molecule has 0 spiro atoms. The van der Waals surface area contributed by atoms with E-state index in [1.807, 2.05) is 19.1 Å². The van der Waals surface area contributed by atoms with Crippen LogP contribution in [0.2, 0.25) is 0 Å². The second kappa shape index (κ2) is 11.7. The third-order valence-electron chi connectivity index (χ3n) is 5.04. The molecule has 2 unspecified atom stereocenters. The number of unbranched alkanes of at least 4 members (excludes halogenated alkanes) is 1. The molecule has 28 heavy (non-hydrogen) atoms. The molecule has 1 aliphatic rings. The molecule has 6 nitrogen and oxygen atoms in total. The van der Waals surface area contributed by atoms with Gasteiger partial charge in [0, 0.05) is 18.8 Å². The van der Waals surface area contributed by atoms with Gasteiger partial charge in [0.15, 0.2) is 0 Å². The molecule has 0 radical (unpaired) electrons. The molecule has 0 aromatic rings. The Labute approximate surface area is 168 Å². The van der Waals surface area contributed by atoms with Gasteiger partial charge >= 0.3 is 5.97 Å². The van der Waals surface area contributed by atoms with Crippen LogP contribution in [0.1, 0.15) is 59.8 Å². The number of allylic oxidation sites excluding steroid dienone is 2. The fraction of sp³-hybridized carbons (Fsp3) is 0.773. The molecule has 1 saturated carbocycles. The lowest BCUT2D eigenvalue weighted by molar-refractivity contribution is -0.137. The number of aliphatic hydroxyl groups excluding tert-OH is 3. The van der Waals surface area contributed by atoms with E-state index in [1.165, 1.54) is 0 Å². The second-order valence-electron chi connectivity index (χ2n) is 9.06. The number of carboxylic acid groups (broad SMARTS) is 1. The molecule has 162 valence electrons. The molecule has 1 rings (SSSR count). The molecule has 0 amide bonds. The van der Waals surface area contributed by atoms with E-state index < -0.39 is 24.3 Å². The van der Waals surface area contributed by atoms with Gasteiger partial charge in [-0.1, -0.05) is 45.1 Å². The van der Waals surface area contributed by atoms with Crippen molar-refractivity contribution in [1.82, 2.24) is 0 Å². The first-order valence-electron chi connectivity index (χ1n) is 10.2. The summed E-state index contributed by atoms with van der Waals surface area (Å²) in [7, 11) is 0. The predicted molar refractivity (Wildman–Crippen MR) is 109 cm³/mol. The highest BCUT2D eigenvalue weighted by Crippen LogP contribution is 2.36. The van der Waals surface area contributed by atoms with E-state index >= 15 is 0 Å². The van der Waals surface area contributed by atoms with Crippen molar-refractivity contribution in [2.24, 2.45) is 17.3 Å². The molecule has 0 aromatic carbocycles. The third kappa shape index (κ3) is 9.32. The summed E-state index contributed by atoms with van der Waals surface area (Å²) in [6.45, 7) is 8.56. The van der Waals surface area contributed by atoms with Crippen LogP contribution in [0.5, 0.6) is 0 Å². The Kier molecular flexibility index (Phi) is 10.4. The average Bonchev–Trinajstić information content (AvgIpc) is 2.85. The van der Waals surface area contributed by atoms with Crippen molar-refractivity contribution in [1.29, 1.82) is 0 Å². The Bertz CT molecular complexity index is 522. The largest absolute Gasteiger partial charge is 0.481 e. The average molecular weight is 399 g/mol. The van der Waals surface area contributed by atoms with Crippen molar-refractivity contribution in [3.8, 4) is 0 Å². The van der Waals surface area contributed by atoms with Crippen molar-refractivity contribution in [3.63, 3.8) is 0 Å². The maximum Gasteiger partial charge on any atom is 0.303 e. The number of rotatable bonds is 11. The second-order valence-corrected chi connectivity index (χ2v) is 9.06. The molecule has 0 saturated heterocycles. The van der Waals surface area contributed by atoms with Gasteiger partial charge in [-0.05, 0) is 37.5 Å². The zero-order valence-electron chi connectivity index (χ0n) is 17.6. The van der Waals surface area contributed by atoms with Crippen LogP contribution < -0.4 is 0 Å². The summed E-state index contributed by atoms with van der Waals surface area (Å²) in [4.78, 5) is 10.5. The van der Waals surface area contributed by atoms with E-state index in [9.17, 15) is 20.1 Å². The molecular formula is C22H38O6. The normalized spacial score (nSPS) is 28.2. The number of ether oxygens (including phenoxy) is 1. The maximum atomic E-state index is 10.5. The lowest BCUT2D eigenvalue weighted by atomic mass is 9.89. The number of hydrogen-bond donors (Lipinski definition) is 4. The van der Waals surface area contributed by atoms with Crippen LogP contribution in [0.25, 0.3) is 0 Å². The van der Waals surface area contributed by atoms with Gasteiger partial charge in [-0.15, -0.1) is 0 Å². The number of carboxylic acids is 1. The highest BCUT2D eigenvalue weighted by Gasteiger charge is 2.39. The van der Waals surface area contributed by atoms with E-state index in [2.05, 4.69) is 20.8 Å². The van der Waals surface area contributed by atoms with Gasteiger partial charge in [0.2, 0.25) is 0 Å². The highest BCUT2D eigenvalue weighted by molar-refractivity contribution is 5.66. The van der Waals surface area contributed by atoms with E-state index in [0.29, 0.717) is 32.3 Å². The molecule has 6 atom stereocenters. The Morgan fingerprint density at radius 2 is 1.89 bits per heavy atom. The Hall–Kier alpha value is -1.21. The molecule has 4 N–H and O–H groups in total.